The molecule has 0 bridgehead atoms. The second kappa shape index (κ2) is 11.1. The summed E-state index contributed by atoms with van der Waals surface area (Å²) in [4.78, 5) is 0. The van der Waals surface area contributed by atoms with Gasteiger partial charge < -0.3 is 0 Å². The van der Waals surface area contributed by atoms with Crippen LogP contribution in [0.25, 0.3) is 55.3 Å². The zero-order valence-corrected chi connectivity index (χ0v) is 29.8. The Morgan fingerprint density at radius 3 is 1.29 bits per heavy atom. The van der Waals surface area contributed by atoms with Gasteiger partial charge in [-0.05, 0) is 138 Å². The summed E-state index contributed by atoms with van der Waals surface area (Å²) in [6.07, 6.45) is 4.39. The maximum atomic E-state index is 2.54. The highest BCUT2D eigenvalue weighted by Crippen LogP contribution is 2.56. The molecule has 0 aromatic heterocycles. The molecule has 0 saturated carbocycles. The summed E-state index contributed by atoms with van der Waals surface area (Å²) in [5, 5.41) is 2.62. The lowest BCUT2D eigenvalue weighted by Crippen LogP contribution is -2.23. The first-order valence-corrected chi connectivity index (χ1v) is 18.3. The SMILES string of the molecule is CCC1(CC)c2ccccc2-c2ccc(-c3ccc4c(c3)C(CC)(CC)c3cc(-c5ccc6cc(C(C)(C)C)ccc6c5)ccc3-4)cc21. The maximum absolute atomic E-state index is 2.54. The van der Waals surface area contributed by atoms with E-state index in [1.54, 1.807) is 0 Å². The molecule has 0 fully saturated rings. The van der Waals surface area contributed by atoms with Crippen molar-refractivity contribution in [3.05, 3.63) is 143 Å². The van der Waals surface area contributed by atoms with Crippen LogP contribution in [-0.2, 0) is 16.2 Å². The van der Waals surface area contributed by atoms with E-state index < -0.39 is 0 Å². The Morgan fingerprint density at radius 2 is 0.792 bits per heavy atom. The van der Waals surface area contributed by atoms with Crippen molar-refractivity contribution in [3.63, 3.8) is 0 Å². The van der Waals surface area contributed by atoms with Crippen LogP contribution >= 0.6 is 0 Å². The van der Waals surface area contributed by atoms with Crippen molar-refractivity contribution < 1.29 is 0 Å². The Bertz CT molecular complexity index is 2210. The molecule has 240 valence electrons. The molecule has 0 heterocycles. The second-order valence-corrected chi connectivity index (χ2v) is 15.4. The molecular weight excluding hydrogens is 577 g/mol. The second-order valence-electron chi connectivity index (χ2n) is 15.4. The van der Waals surface area contributed by atoms with Crippen LogP contribution in [-0.4, -0.2) is 0 Å². The van der Waals surface area contributed by atoms with E-state index in [-0.39, 0.29) is 16.2 Å². The molecule has 6 aromatic rings. The topological polar surface area (TPSA) is 0 Å². The summed E-state index contributed by atoms with van der Waals surface area (Å²) in [6.45, 7) is 16.4. The normalized spacial score (nSPS) is 15.2. The Balaban J connectivity index is 1.21. The van der Waals surface area contributed by atoms with Crippen LogP contribution < -0.4 is 0 Å². The van der Waals surface area contributed by atoms with Crippen molar-refractivity contribution in [3.8, 4) is 44.5 Å². The molecule has 0 spiro atoms. The molecule has 0 nitrogen and oxygen atoms in total. The van der Waals surface area contributed by atoms with Crippen molar-refractivity contribution in [1.82, 2.24) is 0 Å². The van der Waals surface area contributed by atoms with Crippen LogP contribution in [0.15, 0.2) is 115 Å². The molecule has 8 rings (SSSR count). The van der Waals surface area contributed by atoms with E-state index in [0.29, 0.717) is 0 Å². The fourth-order valence-electron chi connectivity index (χ4n) is 9.40. The van der Waals surface area contributed by atoms with Crippen LogP contribution in [0, 0.1) is 0 Å². The first-order chi connectivity index (χ1) is 23.2. The van der Waals surface area contributed by atoms with Crippen LogP contribution in [0.1, 0.15) is 102 Å². The maximum Gasteiger partial charge on any atom is 0.0210 e. The standard InChI is InChI=1S/C48H48/c1-8-47(9-2)42-15-13-12-14-38(42)39-23-20-35(29-43(39)47)36-21-25-41-40-24-19-34(28-44(40)48(10-3,11-4)45(41)30-36)31-16-17-33-27-37(46(5,6)7)22-18-32(33)26-31/h12-30H,8-11H2,1-7H3. The lowest BCUT2D eigenvalue weighted by atomic mass is 9.72. The largest absolute Gasteiger partial charge is 0.0642 e. The minimum absolute atomic E-state index is 0.00129. The molecule has 2 aliphatic carbocycles. The van der Waals surface area contributed by atoms with Gasteiger partial charge in [-0.1, -0.05) is 139 Å². The smallest absolute Gasteiger partial charge is 0.0210 e. The highest BCUT2D eigenvalue weighted by atomic mass is 14.4. The van der Waals surface area contributed by atoms with Gasteiger partial charge in [-0.15, -0.1) is 0 Å². The molecule has 0 amide bonds. The van der Waals surface area contributed by atoms with E-state index in [4.69, 9.17) is 0 Å². The molecule has 0 aliphatic heterocycles. The summed E-state index contributed by atoms with van der Waals surface area (Å²) in [7, 11) is 0. The third-order valence-electron chi connectivity index (χ3n) is 12.4. The number of fused-ring (bicyclic) bond motifs is 7. The Hall–Kier alpha value is -4.42. The zero-order valence-electron chi connectivity index (χ0n) is 29.8. The van der Waals surface area contributed by atoms with Crippen molar-refractivity contribution in [2.45, 2.75) is 90.4 Å². The average Bonchev–Trinajstić information content (AvgIpc) is 3.56. The molecule has 0 atom stereocenters. The van der Waals surface area contributed by atoms with Crippen LogP contribution in [0.2, 0.25) is 0 Å². The van der Waals surface area contributed by atoms with Gasteiger partial charge in [-0.3, -0.25) is 0 Å². The number of hydrogen-bond donors (Lipinski definition) is 0. The Morgan fingerprint density at radius 1 is 0.396 bits per heavy atom. The van der Waals surface area contributed by atoms with Crippen molar-refractivity contribution in [1.29, 1.82) is 0 Å². The van der Waals surface area contributed by atoms with Gasteiger partial charge in [0.2, 0.25) is 0 Å². The molecule has 48 heavy (non-hydrogen) atoms. The highest BCUT2D eigenvalue weighted by molar-refractivity contribution is 5.91. The van der Waals surface area contributed by atoms with Crippen molar-refractivity contribution in [2.75, 3.05) is 0 Å². The predicted molar refractivity (Wildman–Crippen MR) is 207 cm³/mol. The third-order valence-corrected chi connectivity index (χ3v) is 12.4. The molecule has 0 unspecified atom stereocenters. The van der Waals surface area contributed by atoms with Crippen molar-refractivity contribution in [2.24, 2.45) is 0 Å². The van der Waals surface area contributed by atoms with Crippen LogP contribution in [0.5, 0.6) is 0 Å². The van der Waals surface area contributed by atoms with Gasteiger partial charge in [0.25, 0.3) is 0 Å². The Labute approximate surface area is 287 Å². The van der Waals surface area contributed by atoms with Gasteiger partial charge in [-0.25, -0.2) is 0 Å². The number of hydrogen-bond acceptors (Lipinski definition) is 0. The predicted octanol–water partition coefficient (Wildman–Crippen LogP) is 13.6. The van der Waals surface area contributed by atoms with Gasteiger partial charge in [0.05, 0.1) is 0 Å². The van der Waals surface area contributed by atoms with Gasteiger partial charge >= 0.3 is 0 Å². The Kier molecular flexibility index (Phi) is 7.12. The summed E-state index contributed by atoms with van der Waals surface area (Å²) >= 11 is 0. The molecule has 6 aromatic carbocycles. The van der Waals surface area contributed by atoms with E-state index in [0.717, 1.165) is 25.7 Å². The summed E-state index contributed by atoms with van der Waals surface area (Å²) in [5.74, 6) is 0. The molecular formula is C48H48. The monoisotopic (exact) mass is 624 g/mol. The lowest BCUT2D eigenvalue weighted by molar-refractivity contribution is 0.490. The van der Waals surface area contributed by atoms with Crippen molar-refractivity contribution >= 4 is 10.8 Å². The molecule has 0 N–H and O–H groups in total. The first kappa shape index (κ1) is 30.9. The zero-order chi connectivity index (χ0) is 33.4. The minimum atomic E-state index is -0.00129. The van der Waals surface area contributed by atoms with Gasteiger partial charge in [0, 0.05) is 10.8 Å². The molecule has 0 saturated heterocycles. The van der Waals surface area contributed by atoms with Crippen LogP contribution in [0.4, 0.5) is 0 Å². The van der Waals surface area contributed by atoms with E-state index in [1.165, 1.54) is 83.1 Å². The van der Waals surface area contributed by atoms with Gasteiger partial charge in [0.15, 0.2) is 0 Å². The van der Waals surface area contributed by atoms with Gasteiger partial charge in [-0.2, -0.15) is 0 Å². The molecule has 0 radical (unpaired) electrons. The quantitative estimate of drug-likeness (QED) is 0.173. The summed E-state index contributed by atoms with van der Waals surface area (Å²) in [6, 6.07) is 44.9. The van der Waals surface area contributed by atoms with E-state index >= 15 is 0 Å². The van der Waals surface area contributed by atoms with E-state index in [2.05, 4.69) is 164 Å². The minimum Gasteiger partial charge on any atom is -0.0642 e. The van der Waals surface area contributed by atoms with Gasteiger partial charge in [0.1, 0.15) is 0 Å². The highest BCUT2D eigenvalue weighted by Gasteiger charge is 2.42. The summed E-state index contributed by atoms with van der Waals surface area (Å²) in [5.41, 5.74) is 18.5. The first-order valence-electron chi connectivity index (χ1n) is 18.3. The van der Waals surface area contributed by atoms with E-state index in [9.17, 15) is 0 Å². The number of benzene rings is 6. The fraction of sp³-hybridized carbons (Fsp3) is 0.292. The number of rotatable bonds is 6. The molecule has 0 heteroatoms. The summed E-state index contributed by atoms with van der Waals surface area (Å²) < 4.78 is 0. The lowest BCUT2D eigenvalue weighted by Gasteiger charge is -2.31. The fourth-order valence-corrected chi connectivity index (χ4v) is 9.40. The average molecular weight is 625 g/mol. The third kappa shape index (κ3) is 4.34. The van der Waals surface area contributed by atoms with Crippen LogP contribution in [0.3, 0.4) is 0 Å². The molecule has 2 aliphatic rings. The van der Waals surface area contributed by atoms with E-state index in [1.807, 2.05) is 0 Å².